The van der Waals surface area contributed by atoms with Crippen LogP contribution in [0.1, 0.15) is 12.5 Å². The Kier molecular flexibility index (Phi) is 5.66. The molecule has 128 valence electrons. The number of hydrogen-bond acceptors (Lipinski definition) is 6. The fraction of sp³-hybridized carbons (Fsp3) is 0.533. The molecule has 1 aliphatic rings. The van der Waals surface area contributed by atoms with Gasteiger partial charge in [-0.25, -0.2) is 4.39 Å². The lowest BCUT2D eigenvalue weighted by atomic mass is 9.95. The van der Waals surface area contributed by atoms with E-state index in [1.165, 1.54) is 31.2 Å². The second-order valence-corrected chi connectivity index (χ2v) is 5.49. The van der Waals surface area contributed by atoms with E-state index in [1.807, 2.05) is 0 Å². The summed E-state index contributed by atoms with van der Waals surface area (Å²) >= 11 is 0. The van der Waals surface area contributed by atoms with Crippen LogP contribution >= 0.6 is 0 Å². The molecule has 0 aromatic heterocycles. The van der Waals surface area contributed by atoms with Crippen molar-refractivity contribution in [2.24, 2.45) is 0 Å². The van der Waals surface area contributed by atoms with Crippen molar-refractivity contribution in [1.29, 1.82) is 0 Å². The minimum atomic E-state index is -1.57. The number of rotatable bonds is 4. The van der Waals surface area contributed by atoms with Gasteiger partial charge in [-0.05, 0) is 17.7 Å². The molecule has 4 N–H and O–H groups in total. The number of aliphatic hydroxyl groups excluding tert-OH is 4. The van der Waals surface area contributed by atoms with Gasteiger partial charge < -0.3 is 30.1 Å². The summed E-state index contributed by atoms with van der Waals surface area (Å²) in [5, 5.41) is 39.2. The molecular formula is C15H20FNO6. The molecule has 0 saturated carbocycles. The average molecular weight is 329 g/mol. The number of carbonyl (C=O) groups excluding carboxylic acids is 1. The summed E-state index contributed by atoms with van der Waals surface area (Å²) in [6.07, 6.45) is -5.67. The Balaban J connectivity index is 2.22. The molecule has 8 heteroatoms. The van der Waals surface area contributed by atoms with Gasteiger partial charge in [0.15, 0.2) is 6.29 Å². The van der Waals surface area contributed by atoms with Crippen LogP contribution in [0.2, 0.25) is 0 Å². The van der Waals surface area contributed by atoms with Gasteiger partial charge >= 0.3 is 0 Å². The van der Waals surface area contributed by atoms with Crippen molar-refractivity contribution in [2.75, 3.05) is 6.61 Å². The molecule has 1 amide bonds. The number of aliphatic hydroxyl groups is 4. The van der Waals surface area contributed by atoms with Crippen molar-refractivity contribution in [1.82, 2.24) is 4.90 Å². The Morgan fingerprint density at radius 2 is 1.83 bits per heavy atom. The number of hydrogen-bond donors (Lipinski definition) is 4. The molecular weight excluding hydrogens is 309 g/mol. The average Bonchev–Trinajstić information content (AvgIpc) is 2.51. The van der Waals surface area contributed by atoms with Crippen LogP contribution in [0.4, 0.5) is 4.39 Å². The van der Waals surface area contributed by atoms with E-state index < -0.39 is 49.0 Å². The maximum Gasteiger partial charge on any atom is 0.220 e. The fourth-order valence-electron chi connectivity index (χ4n) is 2.63. The van der Waals surface area contributed by atoms with Crippen LogP contribution in [0.25, 0.3) is 0 Å². The summed E-state index contributed by atoms with van der Waals surface area (Å²) in [7, 11) is 0. The zero-order valence-corrected chi connectivity index (χ0v) is 12.5. The van der Waals surface area contributed by atoms with Crippen molar-refractivity contribution in [3.8, 4) is 0 Å². The first-order chi connectivity index (χ1) is 10.8. The Hall–Kier alpha value is -1.58. The molecule has 0 bridgehead atoms. The molecule has 0 aliphatic carbocycles. The Labute approximate surface area is 132 Å². The molecule has 1 heterocycles. The molecule has 1 fully saturated rings. The first-order valence-corrected chi connectivity index (χ1v) is 7.17. The van der Waals surface area contributed by atoms with E-state index in [0.717, 1.165) is 4.90 Å². The summed E-state index contributed by atoms with van der Waals surface area (Å²) < 4.78 is 18.0. The highest BCUT2D eigenvalue weighted by Crippen LogP contribution is 2.25. The van der Waals surface area contributed by atoms with Crippen molar-refractivity contribution in [2.45, 2.75) is 44.1 Å². The Morgan fingerprint density at radius 1 is 1.22 bits per heavy atom. The molecule has 7 nitrogen and oxygen atoms in total. The van der Waals surface area contributed by atoms with Gasteiger partial charge in [0.25, 0.3) is 0 Å². The van der Waals surface area contributed by atoms with Gasteiger partial charge in [-0.2, -0.15) is 0 Å². The molecule has 1 aliphatic heterocycles. The fourth-order valence-corrected chi connectivity index (χ4v) is 2.63. The summed E-state index contributed by atoms with van der Waals surface area (Å²) in [6, 6.07) is 4.19. The first-order valence-electron chi connectivity index (χ1n) is 7.17. The number of benzene rings is 1. The van der Waals surface area contributed by atoms with E-state index >= 15 is 0 Å². The molecule has 5 atom stereocenters. The number of ether oxygens (including phenoxy) is 1. The van der Waals surface area contributed by atoms with Gasteiger partial charge in [-0.1, -0.05) is 12.1 Å². The summed E-state index contributed by atoms with van der Waals surface area (Å²) in [6.45, 7) is 0.655. The quantitative estimate of drug-likeness (QED) is 0.562. The van der Waals surface area contributed by atoms with Gasteiger partial charge in [-0.3, -0.25) is 4.79 Å². The van der Waals surface area contributed by atoms with Crippen LogP contribution in [0.3, 0.4) is 0 Å². The van der Waals surface area contributed by atoms with Crippen molar-refractivity contribution in [3.63, 3.8) is 0 Å². The third-order valence-corrected chi connectivity index (χ3v) is 3.90. The molecule has 23 heavy (non-hydrogen) atoms. The van der Waals surface area contributed by atoms with Crippen LogP contribution in [-0.2, 0) is 16.1 Å². The smallest absolute Gasteiger partial charge is 0.220 e. The number of amides is 1. The lowest BCUT2D eigenvalue weighted by Gasteiger charge is -2.44. The van der Waals surface area contributed by atoms with Gasteiger partial charge in [0.1, 0.15) is 30.2 Å². The standard InChI is InChI=1S/C15H20FNO6/c1-8(19)17(6-9-2-4-10(16)5-3-9)12-14(21)13(20)11(7-18)23-15(12)22/h2-5,11-15,18,20-22H,6-7H2,1H3/t11-,12-,13-,14-,15+/m1/s1. The largest absolute Gasteiger partial charge is 0.394 e. The van der Waals surface area contributed by atoms with Crippen molar-refractivity contribution < 1.29 is 34.3 Å². The van der Waals surface area contributed by atoms with E-state index in [2.05, 4.69) is 0 Å². The number of halogens is 1. The highest BCUT2D eigenvalue weighted by atomic mass is 19.1. The van der Waals surface area contributed by atoms with E-state index in [4.69, 9.17) is 9.84 Å². The predicted octanol–water partition coefficient (Wildman–Crippen LogP) is -1.03. The third-order valence-electron chi connectivity index (χ3n) is 3.90. The van der Waals surface area contributed by atoms with Crippen LogP contribution in [-0.4, -0.2) is 68.5 Å². The van der Waals surface area contributed by atoms with E-state index in [1.54, 1.807) is 0 Å². The van der Waals surface area contributed by atoms with Crippen LogP contribution in [0.5, 0.6) is 0 Å². The van der Waals surface area contributed by atoms with E-state index in [0.29, 0.717) is 5.56 Å². The highest BCUT2D eigenvalue weighted by molar-refractivity contribution is 5.73. The summed E-state index contributed by atoms with van der Waals surface area (Å²) in [5.41, 5.74) is 0.583. The Morgan fingerprint density at radius 3 is 2.35 bits per heavy atom. The van der Waals surface area contributed by atoms with Crippen LogP contribution in [0.15, 0.2) is 24.3 Å². The summed E-state index contributed by atoms with van der Waals surface area (Å²) in [4.78, 5) is 13.0. The zero-order valence-electron chi connectivity index (χ0n) is 12.5. The number of carbonyl (C=O) groups is 1. The van der Waals surface area contributed by atoms with Crippen LogP contribution in [0, 0.1) is 5.82 Å². The van der Waals surface area contributed by atoms with E-state index in [-0.39, 0.29) is 6.54 Å². The topological polar surface area (TPSA) is 110 Å². The van der Waals surface area contributed by atoms with Gasteiger partial charge in [0.05, 0.1) is 6.61 Å². The predicted molar refractivity (Wildman–Crippen MR) is 76.4 cm³/mol. The molecule has 0 spiro atoms. The Bertz CT molecular complexity index is 539. The van der Waals surface area contributed by atoms with Gasteiger partial charge in [0, 0.05) is 13.5 Å². The van der Waals surface area contributed by atoms with Crippen molar-refractivity contribution in [3.05, 3.63) is 35.6 Å². The van der Waals surface area contributed by atoms with Gasteiger partial charge in [0.2, 0.25) is 5.91 Å². The first kappa shape index (κ1) is 17.8. The lowest BCUT2D eigenvalue weighted by molar-refractivity contribution is -0.271. The number of nitrogens with zero attached hydrogens (tertiary/aromatic N) is 1. The zero-order chi connectivity index (χ0) is 17.1. The van der Waals surface area contributed by atoms with E-state index in [9.17, 15) is 24.5 Å². The second-order valence-electron chi connectivity index (χ2n) is 5.49. The second kappa shape index (κ2) is 7.33. The minimum absolute atomic E-state index is 0.00568. The van der Waals surface area contributed by atoms with Gasteiger partial charge in [-0.15, -0.1) is 0 Å². The van der Waals surface area contributed by atoms with Crippen molar-refractivity contribution >= 4 is 5.91 Å². The molecule has 0 unspecified atom stereocenters. The van der Waals surface area contributed by atoms with Crippen LogP contribution < -0.4 is 0 Å². The molecule has 0 radical (unpaired) electrons. The third kappa shape index (κ3) is 3.85. The molecule has 1 aromatic carbocycles. The molecule has 1 saturated heterocycles. The monoisotopic (exact) mass is 329 g/mol. The lowest BCUT2D eigenvalue weighted by Crippen LogP contribution is -2.64. The SMILES string of the molecule is CC(=O)N(Cc1ccc(F)cc1)[C@@H]1[C@@H](O)[C@H](O)[C@@H](CO)O[C@@H]1O. The normalized spacial score (nSPS) is 31.0. The maximum atomic E-state index is 13.0. The highest BCUT2D eigenvalue weighted by Gasteiger charge is 2.47. The minimum Gasteiger partial charge on any atom is -0.394 e. The molecule has 2 rings (SSSR count). The maximum absolute atomic E-state index is 13.0. The summed E-state index contributed by atoms with van der Waals surface area (Å²) in [5.74, 6) is -0.888. The molecule has 1 aromatic rings.